The molecule has 0 bridgehead atoms. The van der Waals surface area contributed by atoms with Gasteiger partial charge in [0.1, 0.15) is 0 Å². The molecule has 0 amide bonds. The molecular formula is C12H18N2O. The van der Waals surface area contributed by atoms with E-state index in [9.17, 15) is 0 Å². The monoisotopic (exact) mass is 206 g/mol. The highest BCUT2D eigenvalue weighted by molar-refractivity contribution is 5.10. The maximum Gasteiger partial charge on any atom is 0.0558 e. The van der Waals surface area contributed by atoms with Crippen LogP contribution < -0.4 is 0 Å². The molecular weight excluding hydrogens is 188 g/mol. The number of aliphatic hydroxyl groups is 1. The Morgan fingerprint density at radius 1 is 1.53 bits per heavy atom. The van der Waals surface area contributed by atoms with E-state index in [-0.39, 0.29) is 6.61 Å². The summed E-state index contributed by atoms with van der Waals surface area (Å²) in [4.78, 5) is 6.51. The fraction of sp³-hybridized carbons (Fsp3) is 0.583. The van der Waals surface area contributed by atoms with Crippen LogP contribution in [0.4, 0.5) is 0 Å². The van der Waals surface area contributed by atoms with Crippen molar-refractivity contribution >= 4 is 0 Å². The van der Waals surface area contributed by atoms with Gasteiger partial charge in [-0.1, -0.05) is 6.07 Å². The third kappa shape index (κ3) is 2.76. The Kier molecular flexibility index (Phi) is 3.69. The number of pyridine rings is 1. The Balaban J connectivity index is 1.93. The SMILES string of the molecule is OCCN1CCCC1Cc1cccnc1. The molecule has 0 radical (unpaired) electrons. The van der Waals surface area contributed by atoms with Crippen LogP contribution in [0.25, 0.3) is 0 Å². The van der Waals surface area contributed by atoms with Crippen molar-refractivity contribution in [2.45, 2.75) is 25.3 Å². The van der Waals surface area contributed by atoms with Gasteiger partial charge in [-0.2, -0.15) is 0 Å². The number of hydrogen-bond acceptors (Lipinski definition) is 3. The maximum atomic E-state index is 8.96. The van der Waals surface area contributed by atoms with Crippen molar-refractivity contribution in [3.63, 3.8) is 0 Å². The fourth-order valence-electron chi connectivity index (χ4n) is 2.34. The highest BCUT2D eigenvalue weighted by Crippen LogP contribution is 2.20. The van der Waals surface area contributed by atoms with Crippen LogP contribution in [0.15, 0.2) is 24.5 Å². The van der Waals surface area contributed by atoms with E-state index in [1.807, 2.05) is 18.5 Å². The first-order chi connectivity index (χ1) is 7.40. The molecule has 3 heteroatoms. The number of rotatable bonds is 4. The van der Waals surface area contributed by atoms with E-state index in [1.165, 1.54) is 18.4 Å². The van der Waals surface area contributed by atoms with Gasteiger partial charge in [0.2, 0.25) is 0 Å². The van der Waals surface area contributed by atoms with Crippen molar-refractivity contribution in [3.8, 4) is 0 Å². The molecule has 0 aliphatic carbocycles. The lowest BCUT2D eigenvalue weighted by molar-refractivity contribution is 0.184. The summed E-state index contributed by atoms with van der Waals surface area (Å²) in [6, 6.07) is 4.71. The van der Waals surface area contributed by atoms with Crippen molar-refractivity contribution in [2.24, 2.45) is 0 Å². The van der Waals surface area contributed by atoms with Crippen LogP contribution >= 0.6 is 0 Å². The predicted molar refractivity (Wildman–Crippen MR) is 59.6 cm³/mol. The van der Waals surface area contributed by atoms with Crippen molar-refractivity contribution in [1.29, 1.82) is 0 Å². The van der Waals surface area contributed by atoms with Crippen molar-refractivity contribution < 1.29 is 5.11 Å². The van der Waals surface area contributed by atoms with Gasteiger partial charge in [-0.05, 0) is 37.4 Å². The van der Waals surface area contributed by atoms with E-state index < -0.39 is 0 Å². The number of β-amino-alcohol motifs (C(OH)–C–C–N with tert-alkyl or cyclic N) is 1. The maximum absolute atomic E-state index is 8.96. The van der Waals surface area contributed by atoms with Gasteiger partial charge in [0.25, 0.3) is 0 Å². The van der Waals surface area contributed by atoms with Crippen molar-refractivity contribution in [3.05, 3.63) is 30.1 Å². The molecule has 2 heterocycles. The molecule has 82 valence electrons. The van der Waals surface area contributed by atoms with Gasteiger partial charge >= 0.3 is 0 Å². The average molecular weight is 206 g/mol. The van der Waals surface area contributed by atoms with E-state index in [0.29, 0.717) is 6.04 Å². The van der Waals surface area contributed by atoms with Crippen LogP contribution in [-0.4, -0.2) is 40.7 Å². The Morgan fingerprint density at radius 2 is 2.47 bits per heavy atom. The molecule has 3 nitrogen and oxygen atoms in total. The van der Waals surface area contributed by atoms with E-state index in [1.54, 1.807) is 0 Å². The van der Waals surface area contributed by atoms with Gasteiger partial charge in [-0.15, -0.1) is 0 Å². The van der Waals surface area contributed by atoms with Gasteiger partial charge in [-0.25, -0.2) is 0 Å². The number of hydrogen-bond donors (Lipinski definition) is 1. The molecule has 2 rings (SSSR count). The number of aromatic nitrogens is 1. The average Bonchev–Trinajstić information content (AvgIpc) is 2.68. The molecule has 1 saturated heterocycles. The lowest BCUT2D eigenvalue weighted by Crippen LogP contribution is -2.33. The first-order valence-electron chi connectivity index (χ1n) is 5.64. The third-order valence-electron chi connectivity index (χ3n) is 3.08. The summed E-state index contributed by atoms with van der Waals surface area (Å²) in [5.41, 5.74) is 1.30. The second-order valence-corrected chi connectivity index (χ2v) is 4.12. The van der Waals surface area contributed by atoms with Gasteiger partial charge < -0.3 is 5.11 Å². The zero-order chi connectivity index (χ0) is 10.5. The highest BCUT2D eigenvalue weighted by Gasteiger charge is 2.23. The number of nitrogens with zero attached hydrogens (tertiary/aromatic N) is 2. The summed E-state index contributed by atoms with van der Waals surface area (Å²) in [7, 11) is 0. The van der Waals surface area contributed by atoms with E-state index >= 15 is 0 Å². The lowest BCUT2D eigenvalue weighted by Gasteiger charge is -2.23. The van der Waals surface area contributed by atoms with Gasteiger partial charge in [0.15, 0.2) is 0 Å². The van der Waals surface area contributed by atoms with Gasteiger partial charge in [0, 0.05) is 25.0 Å². The number of likely N-dealkylation sites (tertiary alicyclic amines) is 1. The van der Waals surface area contributed by atoms with Crippen LogP contribution in [0, 0.1) is 0 Å². The first-order valence-corrected chi connectivity index (χ1v) is 5.64. The molecule has 1 aromatic rings. The van der Waals surface area contributed by atoms with Crippen molar-refractivity contribution in [2.75, 3.05) is 19.7 Å². The highest BCUT2D eigenvalue weighted by atomic mass is 16.3. The Bertz CT molecular complexity index is 289. The van der Waals surface area contributed by atoms with E-state index in [2.05, 4.69) is 16.0 Å². The molecule has 1 fully saturated rings. The first kappa shape index (κ1) is 10.6. The predicted octanol–water partition coefficient (Wildman–Crippen LogP) is 1.08. The quantitative estimate of drug-likeness (QED) is 0.801. The summed E-state index contributed by atoms with van der Waals surface area (Å²) in [5, 5.41) is 8.96. The van der Waals surface area contributed by atoms with E-state index in [0.717, 1.165) is 19.5 Å². The minimum Gasteiger partial charge on any atom is -0.395 e. The summed E-state index contributed by atoms with van der Waals surface area (Å²) < 4.78 is 0. The van der Waals surface area contributed by atoms with Crippen LogP contribution in [-0.2, 0) is 6.42 Å². The smallest absolute Gasteiger partial charge is 0.0558 e. The minimum atomic E-state index is 0.267. The molecule has 1 unspecified atom stereocenters. The van der Waals surface area contributed by atoms with Crippen molar-refractivity contribution in [1.82, 2.24) is 9.88 Å². The lowest BCUT2D eigenvalue weighted by atomic mass is 10.1. The Morgan fingerprint density at radius 3 is 3.20 bits per heavy atom. The van der Waals surface area contributed by atoms with Crippen LogP contribution in [0.2, 0.25) is 0 Å². The second kappa shape index (κ2) is 5.24. The van der Waals surface area contributed by atoms with Gasteiger partial charge in [-0.3, -0.25) is 9.88 Å². The summed E-state index contributed by atoms with van der Waals surface area (Å²) >= 11 is 0. The fourth-order valence-corrected chi connectivity index (χ4v) is 2.34. The molecule has 0 aromatic carbocycles. The molecule has 1 aromatic heterocycles. The summed E-state index contributed by atoms with van der Waals surface area (Å²) in [6.45, 7) is 2.21. The van der Waals surface area contributed by atoms with Crippen LogP contribution in [0.3, 0.4) is 0 Å². The normalized spacial score (nSPS) is 22.1. The zero-order valence-corrected chi connectivity index (χ0v) is 8.97. The van der Waals surface area contributed by atoms with Gasteiger partial charge in [0.05, 0.1) is 6.61 Å². The van der Waals surface area contributed by atoms with Crippen LogP contribution in [0.1, 0.15) is 18.4 Å². The summed E-state index contributed by atoms with van der Waals surface area (Å²) in [6.07, 6.45) is 7.31. The number of aliphatic hydroxyl groups excluding tert-OH is 1. The topological polar surface area (TPSA) is 36.4 Å². The molecule has 1 aliphatic rings. The molecule has 15 heavy (non-hydrogen) atoms. The van der Waals surface area contributed by atoms with E-state index in [4.69, 9.17) is 5.11 Å². The standard InChI is InChI=1S/C12H18N2O/c15-8-7-14-6-2-4-12(14)9-11-3-1-5-13-10-11/h1,3,5,10,12,15H,2,4,6-9H2. The zero-order valence-electron chi connectivity index (χ0n) is 8.97. The Hall–Kier alpha value is -0.930. The Labute approximate surface area is 90.8 Å². The molecule has 1 N–H and O–H groups in total. The third-order valence-corrected chi connectivity index (χ3v) is 3.08. The largest absolute Gasteiger partial charge is 0.395 e. The van der Waals surface area contributed by atoms with Crippen LogP contribution in [0.5, 0.6) is 0 Å². The molecule has 0 saturated carbocycles. The minimum absolute atomic E-state index is 0.267. The second-order valence-electron chi connectivity index (χ2n) is 4.12. The molecule has 1 atom stereocenters. The summed E-state index contributed by atoms with van der Waals surface area (Å²) in [5.74, 6) is 0. The molecule has 1 aliphatic heterocycles. The molecule has 0 spiro atoms.